The molecule has 0 amide bonds. The van der Waals surface area contributed by atoms with Crippen LogP contribution in [0.1, 0.15) is 53.9 Å². The first-order valence-electron chi connectivity index (χ1n) is 6.98. The van der Waals surface area contributed by atoms with Crippen LogP contribution in [0.3, 0.4) is 0 Å². The zero-order valence-corrected chi connectivity index (χ0v) is 12.4. The van der Waals surface area contributed by atoms with Gasteiger partial charge in [-0.3, -0.25) is 4.90 Å². The van der Waals surface area contributed by atoms with Crippen molar-refractivity contribution < 1.29 is 5.11 Å². The molecule has 0 heterocycles. The van der Waals surface area contributed by atoms with Gasteiger partial charge in [0.15, 0.2) is 0 Å². The molecule has 0 aliphatic carbocycles. The Bertz CT molecular complexity index is 189. The highest BCUT2D eigenvalue weighted by Crippen LogP contribution is 2.27. The van der Waals surface area contributed by atoms with Crippen LogP contribution in [-0.4, -0.2) is 41.8 Å². The molecule has 0 aliphatic heterocycles. The van der Waals surface area contributed by atoms with E-state index in [1.165, 1.54) is 12.8 Å². The molecule has 2 atom stereocenters. The summed E-state index contributed by atoms with van der Waals surface area (Å²) >= 11 is 0. The van der Waals surface area contributed by atoms with Crippen LogP contribution < -0.4 is 5.73 Å². The Morgan fingerprint density at radius 3 is 2.12 bits per heavy atom. The van der Waals surface area contributed by atoms with Crippen LogP contribution in [0.15, 0.2) is 0 Å². The minimum absolute atomic E-state index is 0.151. The standard InChI is InChI=1S/C14H32N2O/c1-6-8-9-16(10-11-17)13(12(15)7-2)14(3,4)5/h12-13,17H,6-11,15H2,1-5H3. The van der Waals surface area contributed by atoms with Gasteiger partial charge in [-0.1, -0.05) is 41.0 Å². The van der Waals surface area contributed by atoms with Crippen LogP contribution in [0.4, 0.5) is 0 Å². The van der Waals surface area contributed by atoms with Gasteiger partial charge >= 0.3 is 0 Å². The van der Waals surface area contributed by atoms with Crippen molar-refractivity contribution in [3.63, 3.8) is 0 Å². The van der Waals surface area contributed by atoms with Gasteiger partial charge in [0.25, 0.3) is 0 Å². The maximum atomic E-state index is 9.22. The van der Waals surface area contributed by atoms with Crippen LogP contribution >= 0.6 is 0 Å². The van der Waals surface area contributed by atoms with Gasteiger partial charge in [-0.15, -0.1) is 0 Å². The first-order chi connectivity index (χ1) is 7.88. The highest BCUT2D eigenvalue weighted by Gasteiger charge is 2.33. The lowest BCUT2D eigenvalue weighted by Crippen LogP contribution is -2.55. The van der Waals surface area contributed by atoms with Gasteiger partial charge < -0.3 is 10.8 Å². The molecule has 0 bridgehead atoms. The van der Waals surface area contributed by atoms with Gasteiger partial charge in [0.05, 0.1) is 6.61 Å². The summed E-state index contributed by atoms with van der Waals surface area (Å²) in [5.41, 5.74) is 6.43. The maximum Gasteiger partial charge on any atom is 0.0558 e. The number of hydrogen-bond donors (Lipinski definition) is 2. The van der Waals surface area contributed by atoms with E-state index in [1.807, 2.05) is 0 Å². The molecule has 17 heavy (non-hydrogen) atoms. The second-order valence-corrected chi connectivity index (χ2v) is 6.00. The van der Waals surface area contributed by atoms with E-state index in [0.29, 0.717) is 6.04 Å². The Morgan fingerprint density at radius 1 is 1.18 bits per heavy atom. The van der Waals surface area contributed by atoms with Crippen LogP contribution in [-0.2, 0) is 0 Å². The first-order valence-corrected chi connectivity index (χ1v) is 6.98. The molecule has 0 saturated carbocycles. The number of rotatable bonds is 8. The molecule has 0 saturated heterocycles. The molecule has 0 aromatic rings. The fourth-order valence-electron chi connectivity index (χ4n) is 2.56. The number of aliphatic hydroxyl groups is 1. The Kier molecular flexibility index (Phi) is 8.01. The number of nitrogens with two attached hydrogens (primary N) is 1. The van der Waals surface area contributed by atoms with E-state index in [9.17, 15) is 5.11 Å². The molecule has 104 valence electrons. The molecular weight excluding hydrogens is 212 g/mol. The topological polar surface area (TPSA) is 49.5 Å². The van der Waals surface area contributed by atoms with Crippen LogP contribution in [0.5, 0.6) is 0 Å². The lowest BCUT2D eigenvalue weighted by molar-refractivity contribution is 0.0592. The van der Waals surface area contributed by atoms with Gasteiger partial charge in [0.1, 0.15) is 0 Å². The van der Waals surface area contributed by atoms with E-state index in [0.717, 1.165) is 19.5 Å². The highest BCUT2D eigenvalue weighted by atomic mass is 16.3. The Balaban J connectivity index is 4.80. The smallest absolute Gasteiger partial charge is 0.0558 e. The van der Waals surface area contributed by atoms with Gasteiger partial charge in [-0.2, -0.15) is 0 Å². The number of unbranched alkanes of at least 4 members (excludes halogenated alkanes) is 1. The van der Waals surface area contributed by atoms with Crippen molar-refractivity contribution in [2.45, 2.75) is 66.0 Å². The quantitative estimate of drug-likeness (QED) is 0.688. The minimum atomic E-state index is 0.151. The molecule has 0 radical (unpaired) electrons. The van der Waals surface area contributed by atoms with Gasteiger partial charge in [-0.05, 0) is 24.8 Å². The molecular formula is C14H32N2O. The van der Waals surface area contributed by atoms with Crippen molar-refractivity contribution >= 4 is 0 Å². The van der Waals surface area contributed by atoms with Crippen molar-refractivity contribution in [2.75, 3.05) is 19.7 Å². The summed E-state index contributed by atoms with van der Waals surface area (Å²) in [5, 5.41) is 9.22. The molecule has 0 aliphatic rings. The minimum Gasteiger partial charge on any atom is -0.395 e. The Morgan fingerprint density at radius 2 is 1.76 bits per heavy atom. The average Bonchev–Trinajstić information content (AvgIpc) is 2.24. The monoisotopic (exact) mass is 244 g/mol. The first kappa shape index (κ1) is 16.9. The fourth-order valence-corrected chi connectivity index (χ4v) is 2.56. The van der Waals surface area contributed by atoms with E-state index < -0.39 is 0 Å². The third kappa shape index (κ3) is 5.84. The number of hydrogen-bond acceptors (Lipinski definition) is 3. The van der Waals surface area contributed by atoms with E-state index >= 15 is 0 Å². The summed E-state index contributed by atoms with van der Waals surface area (Å²) in [4.78, 5) is 2.37. The molecule has 0 spiro atoms. The molecule has 0 aromatic carbocycles. The summed E-state index contributed by atoms with van der Waals surface area (Å²) in [6.45, 7) is 13.0. The van der Waals surface area contributed by atoms with Crippen LogP contribution in [0.25, 0.3) is 0 Å². The van der Waals surface area contributed by atoms with Crippen LogP contribution in [0.2, 0.25) is 0 Å². The molecule has 0 rings (SSSR count). The molecule has 3 heteroatoms. The normalized spacial score (nSPS) is 16.2. The van der Waals surface area contributed by atoms with E-state index in [4.69, 9.17) is 5.73 Å². The predicted molar refractivity (Wildman–Crippen MR) is 75.1 cm³/mol. The highest BCUT2D eigenvalue weighted by molar-refractivity contribution is 4.90. The summed E-state index contributed by atoms with van der Waals surface area (Å²) in [6.07, 6.45) is 3.33. The molecule has 0 fully saturated rings. The zero-order chi connectivity index (χ0) is 13.5. The third-order valence-electron chi connectivity index (χ3n) is 3.34. The van der Waals surface area contributed by atoms with Crippen molar-refractivity contribution in [2.24, 2.45) is 11.1 Å². The van der Waals surface area contributed by atoms with Gasteiger partial charge in [0, 0.05) is 18.6 Å². The van der Waals surface area contributed by atoms with Gasteiger partial charge in [-0.25, -0.2) is 0 Å². The largest absolute Gasteiger partial charge is 0.395 e. The maximum absolute atomic E-state index is 9.22. The Hall–Kier alpha value is -0.120. The van der Waals surface area contributed by atoms with E-state index in [-0.39, 0.29) is 18.1 Å². The molecule has 3 N–H and O–H groups in total. The van der Waals surface area contributed by atoms with Crippen molar-refractivity contribution in [1.82, 2.24) is 4.90 Å². The zero-order valence-electron chi connectivity index (χ0n) is 12.4. The average molecular weight is 244 g/mol. The lowest BCUT2D eigenvalue weighted by Gasteiger charge is -2.43. The third-order valence-corrected chi connectivity index (χ3v) is 3.34. The Labute approximate surface area is 107 Å². The van der Waals surface area contributed by atoms with Crippen molar-refractivity contribution in [3.8, 4) is 0 Å². The van der Waals surface area contributed by atoms with E-state index in [2.05, 4.69) is 39.5 Å². The van der Waals surface area contributed by atoms with Gasteiger partial charge in [0.2, 0.25) is 0 Å². The predicted octanol–water partition coefficient (Wildman–Crippen LogP) is 2.23. The second-order valence-electron chi connectivity index (χ2n) is 6.00. The number of aliphatic hydroxyl groups excluding tert-OH is 1. The van der Waals surface area contributed by atoms with Crippen LogP contribution in [0, 0.1) is 5.41 Å². The van der Waals surface area contributed by atoms with Crippen molar-refractivity contribution in [3.05, 3.63) is 0 Å². The lowest BCUT2D eigenvalue weighted by atomic mass is 9.80. The summed E-state index contributed by atoms with van der Waals surface area (Å²) in [6, 6.07) is 0.518. The number of nitrogens with zero attached hydrogens (tertiary/aromatic N) is 1. The summed E-state index contributed by atoms with van der Waals surface area (Å²) in [7, 11) is 0. The summed E-state index contributed by atoms with van der Waals surface area (Å²) in [5.74, 6) is 0. The summed E-state index contributed by atoms with van der Waals surface area (Å²) < 4.78 is 0. The van der Waals surface area contributed by atoms with Crippen molar-refractivity contribution in [1.29, 1.82) is 0 Å². The molecule has 0 aromatic heterocycles. The fraction of sp³-hybridized carbons (Fsp3) is 1.00. The SMILES string of the molecule is CCCCN(CCO)C(C(N)CC)C(C)(C)C. The molecule has 3 nitrogen and oxygen atoms in total. The molecule has 2 unspecified atom stereocenters. The van der Waals surface area contributed by atoms with E-state index in [1.54, 1.807) is 0 Å². The second kappa shape index (κ2) is 8.06.